The zero-order chi connectivity index (χ0) is 20.5. The number of fused-ring (bicyclic) bond motifs is 1. The smallest absolute Gasteiger partial charge is 0.272 e. The van der Waals surface area contributed by atoms with E-state index in [0.29, 0.717) is 28.5 Å². The molecule has 7 nitrogen and oxygen atoms in total. The number of hydrogen-bond acceptors (Lipinski definition) is 5. The van der Waals surface area contributed by atoms with Gasteiger partial charge in [0.25, 0.3) is 5.69 Å². The summed E-state index contributed by atoms with van der Waals surface area (Å²) in [4.78, 5) is 18.3. The number of aromatic nitrogens is 2. The number of H-pyrrole nitrogens is 1. The first-order valence-electron chi connectivity index (χ1n) is 8.89. The molecule has 4 rings (SSSR count). The van der Waals surface area contributed by atoms with Crippen LogP contribution in [0.15, 0.2) is 52.9 Å². The van der Waals surface area contributed by atoms with E-state index < -0.39 is 4.92 Å². The Morgan fingerprint density at radius 1 is 1.21 bits per heavy atom. The minimum absolute atomic E-state index is 0.0783. The van der Waals surface area contributed by atoms with Gasteiger partial charge in [-0.05, 0) is 49.7 Å². The third-order valence-corrected chi connectivity index (χ3v) is 4.68. The van der Waals surface area contributed by atoms with Crippen molar-refractivity contribution in [3.63, 3.8) is 0 Å². The molecule has 0 aliphatic carbocycles. The molecule has 2 aromatic heterocycles. The van der Waals surface area contributed by atoms with Crippen LogP contribution in [-0.4, -0.2) is 14.9 Å². The van der Waals surface area contributed by atoms with Crippen LogP contribution in [0, 0.1) is 35.3 Å². The zero-order valence-electron chi connectivity index (χ0n) is 15.8. The highest BCUT2D eigenvalue weighted by molar-refractivity contribution is 5.89. The van der Waals surface area contributed by atoms with Crippen molar-refractivity contribution >= 4 is 28.4 Å². The highest BCUT2D eigenvalue weighted by Gasteiger charge is 2.16. The number of imidazole rings is 1. The van der Waals surface area contributed by atoms with Gasteiger partial charge in [0, 0.05) is 23.3 Å². The normalized spacial score (nSPS) is 11.6. The highest BCUT2D eigenvalue weighted by atomic mass is 16.6. The average molecular weight is 384 g/mol. The molecule has 0 fully saturated rings. The van der Waals surface area contributed by atoms with Crippen LogP contribution in [0.1, 0.15) is 22.7 Å². The number of nitro benzene ring substituents is 1. The van der Waals surface area contributed by atoms with Gasteiger partial charge in [0.05, 0.1) is 21.5 Å². The Morgan fingerprint density at radius 2 is 2.00 bits per heavy atom. The maximum Gasteiger partial charge on any atom is 0.272 e. The zero-order valence-corrected chi connectivity index (χ0v) is 15.8. The number of benzene rings is 2. The van der Waals surface area contributed by atoms with Crippen LogP contribution >= 0.6 is 0 Å². The van der Waals surface area contributed by atoms with E-state index in [0.717, 1.165) is 22.2 Å². The number of nitrogens with zero attached hydrogens (tertiary/aromatic N) is 3. The first-order chi connectivity index (χ1) is 14.0. The maximum absolute atomic E-state index is 11.1. The van der Waals surface area contributed by atoms with E-state index in [1.807, 2.05) is 24.3 Å². The summed E-state index contributed by atoms with van der Waals surface area (Å²) in [5.41, 5.74) is 4.12. The molecule has 0 aliphatic rings. The number of para-hydroxylation sites is 2. The average Bonchev–Trinajstić information content (AvgIpc) is 3.34. The van der Waals surface area contributed by atoms with Gasteiger partial charge in [-0.25, -0.2) is 4.98 Å². The van der Waals surface area contributed by atoms with Gasteiger partial charge in [-0.3, -0.25) is 10.1 Å². The van der Waals surface area contributed by atoms with Gasteiger partial charge in [-0.15, -0.1) is 0 Å². The molecule has 0 aliphatic heterocycles. The van der Waals surface area contributed by atoms with E-state index in [1.165, 1.54) is 6.07 Å². The van der Waals surface area contributed by atoms with E-state index in [9.17, 15) is 15.4 Å². The molecular weight excluding hydrogens is 368 g/mol. The van der Waals surface area contributed by atoms with Crippen molar-refractivity contribution in [3.8, 4) is 17.4 Å². The van der Waals surface area contributed by atoms with Gasteiger partial charge < -0.3 is 9.40 Å². The number of hydrogen-bond donors (Lipinski definition) is 1. The standard InChI is InChI=1S/C22H16N4O3/c1-13-10-20(26(27)28)14(2)9-17(13)21-8-7-16(29-21)11-15(12-23)22-24-18-5-3-4-6-19(18)25-22/h3-11H,1-2H3,(H,24,25). The monoisotopic (exact) mass is 384 g/mol. The van der Waals surface area contributed by atoms with Gasteiger partial charge >= 0.3 is 0 Å². The largest absolute Gasteiger partial charge is 0.457 e. The number of allylic oxidation sites excluding steroid dienone is 1. The maximum atomic E-state index is 11.1. The highest BCUT2D eigenvalue weighted by Crippen LogP contribution is 2.32. The lowest BCUT2D eigenvalue weighted by Gasteiger charge is -2.05. The van der Waals surface area contributed by atoms with E-state index >= 15 is 0 Å². The molecule has 2 aromatic carbocycles. The molecule has 0 bridgehead atoms. The number of furan rings is 1. The first-order valence-corrected chi connectivity index (χ1v) is 8.89. The van der Waals surface area contributed by atoms with Crippen LogP contribution in [0.25, 0.3) is 34.0 Å². The van der Waals surface area contributed by atoms with Gasteiger partial charge in [0.1, 0.15) is 23.4 Å². The van der Waals surface area contributed by atoms with Crippen LogP contribution in [0.3, 0.4) is 0 Å². The predicted molar refractivity (Wildman–Crippen MR) is 110 cm³/mol. The SMILES string of the molecule is Cc1cc([N+](=O)[O-])c(C)cc1-c1ccc(C=C(C#N)c2nc3ccccc3[nH]2)o1. The minimum Gasteiger partial charge on any atom is -0.457 e. The second-order valence-electron chi connectivity index (χ2n) is 6.69. The van der Waals surface area contributed by atoms with E-state index in [4.69, 9.17) is 4.42 Å². The molecule has 0 spiro atoms. The fraction of sp³-hybridized carbons (Fsp3) is 0.0909. The molecule has 2 heterocycles. The van der Waals surface area contributed by atoms with Crippen molar-refractivity contribution < 1.29 is 9.34 Å². The van der Waals surface area contributed by atoms with E-state index in [1.54, 1.807) is 38.1 Å². The predicted octanol–water partition coefficient (Wildman–Crippen LogP) is 5.41. The molecule has 29 heavy (non-hydrogen) atoms. The van der Waals surface area contributed by atoms with E-state index in [2.05, 4.69) is 16.0 Å². The molecule has 0 saturated heterocycles. The van der Waals surface area contributed by atoms with Gasteiger partial charge in [0.2, 0.25) is 0 Å². The summed E-state index contributed by atoms with van der Waals surface area (Å²) in [6, 6.07) is 16.5. The molecule has 142 valence electrons. The van der Waals surface area contributed by atoms with Crippen LogP contribution in [0.5, 0.6) is 0 Å². The molecule has 7 heteroatoms. The van der Waals surface area contributed by atoms with Crippen molar-refractivity contribution in [2.45, 2.75) is 13.8 Å². The summed E-state index contributed by atoms with van der Waals surface area (Å²) in [7, 11) is 0. The van der Waals surface area contributed by atoms with Crippen LogP contribution in [0.2, 0.25) is 0 Å². The van der Waals surface area contributed by atoms with Crippen LogP contribution in [0.4, 0.5) is 5.69 Å². The van der Waals surface area contributed by atoms with Gasteiger partial charge in [-0.2, -0.15) is 5.26 Å². The third kappa shape index (κ3) is 3.39. The van der Waals surface area contributed by atoms with Crippen molar-refractivity contribution in [3.05, 3.63) is 81.4 Å². The number of nitro groups is 1. The molecule has 0 amide bonds. The summed E-state index contributed by atoms with van der Waals surface area (Å²) in [6.07, 6.45) is 1.62. The lowest BCUT2D eigenvalue weighted by Crippen LogP contribution is -1.94. The second-order valence-corrected chi connectivity index (χ2v) is 6.69. The summed E-state index contributed by atoms with van der Waals surface area (Å²) in [6.45, 7) is 3.50. The Bertz CT molecular complexity index is 1290. The van der Waals surface area contributed by atoms with E-state index in [-0.39, 0.29) is 5.69 Å². The Kier molecular flexibility index (Phi) is 4.45. The third-order valence-electron chi connectivity index (χ3n) is 4.68. The molecule has 0 unspecified atom stereocenters. The van der Waals surface area contributed by atoms with Gasteiger partial charge in [-0.1, -0.05) is 12.1 Å². The molecule has 0 saturated carbocycles. The minimum atomic E-state index is -0.394. The second kappa shape index (κ2) is 7.09. The molecule has 0 radical (unpaired) electrons. The van der Waals surface area contributed by atoms with Crippen molar-refractivity contribution in [1.29, 1.82) is 5.26 Å². The molecule has 1 N–H and O–H groups in total. The Morgan fingerprint density at radius 3 is 2.72 bits per heavy atom. The fourth-order valence-corrected chi connectivity index (χ4v) is 3.21. The molecular formula is C22H16N4O3. The van der Waals surface area contributed by atoms with Crippen LogP contribution in [-0.2, 0) is 0 Å². The number of aryl methyl sites for hydroxylation is 2. The fourth-order valence-electron chi connectivity index (χ4n) is 3.21. The molecule has 4 aromatic rings. The quantitative estimate of drug-likeness (QED) is 0.287. The summed E-state index contributed by atoms with van der Waals surface area (Å²) in [5.74, 6) is 1.54. The summed E-state index contributed by atoms with van der Waals surface area (Å²) >= 11 is 0. The number of nitrogens with one attached hydrogen (secondary N) is 1. The number of rotatable bonds is 4. The summed E-state index contributed by atoms with van der Waals surface area (Å²) < 4.78 is 5.89. The van der Waals surface area contributed by atoms with Crippen molar-refractivity contribution in [2.75, 3.05) is 0 Å². The van der Waals surface area contributed by atoms with Crippen LogP contribution < -0.4 is 0 Å². The summed E-state index contributed by atoms with van der Waals surface area (Å²) in [5, 5.41) is 20.7. The topological polar surface area (TPSA) is 109 Å². The molecule has 0 atom stereocenters. The lowest BCUT2D eigenvalue weighted by atomic mass is 10.0. The van der Waals surface area contributed by atoms with Crippen molar-refractivity contribution in [2.24, 2.45) is 0 Å². The Labute approximate surface area is 166 Å². The van der Waals surface area contributed by atoms with Crippen molar-refractivity contribution in [1.82, 2.24) is 9.97 Å². The van der Waals surface area contributed by atoms with Gasteiger partial charge in [0.15, 0.2) is 0 Å². The number of nitriles is 1. The lowest BCUT2D eigenvalue weighted by molar-refractivity contribution is -0.385. The Hall–Kier alpha value is -4.18. The first kappa shape index (κ1) is 18.2. The number of aromatic amines is 1. The Balaban J connectivity index is 1.71.